The molecule has 1 aliphatic rings. The number of thiophene rings is 1. The summed E-state index contributed by atoms with van der Waals surface area (Å²) >= 11 is 7.43. The number of amides is 1. The zero-order valence-electron chi connectivity index (χ0n) is 11.2. The van der Waals surface area contributed by atoms with E-state index in [-0.39, 0.29) is 24.2 Å². The normalized spacial score (nSPS) is 20.2. The van der Waals surface area contributed by atoms with Gasteiger partial charge in [-0.2, -0.15) is 0 Å². The van der Waals surface area contributed by atoms with Crippen molar-refractivity contribution in [2.45, 2.75) is 31.7 Å². The first kappa shape index (κ1) is 16.8. The highest BCUT2D eigenvalue weighted by Gasteiger charge is 2.31. The molecule has 1 aromatic heterocycles. The zero-order chi connectivity index (χ0) is 13.1. The maximum Gasteiger partial charge on any atom is 0.230 e. The Hall–Kier alpha value is -0.290. The first-order chi connectivity index (χ1) is 8.63. The average molecular weight is 323 g/mol. The zero-order valence-corrected chi connectivity index (χ0v) is 13.6. The number of likely N-dealkylation sites (tertiary alicyclic amines) is 1. The molecule has 1 aromatic rings. The van der Waals surface area contributed by atoms with Crippen molar-refractivity contribution in [1.29, 1.82) is 0 Å². The van der Waals surface area contributed by atoms with Gasteiger partial charge in [0, 0.05) is 24.0 Å². The summed E-state index contributed by atoms with van der Waals surface area (Å²) in [6.45, 7) is 3.73. The van der Waals surface area contributed by atoms with Gasteiger partial charge in [0.15, 0.2) is 0 Å². The molecular formula is C13H20Cl2N2OS. The molecule has 2 heterocycles. The number of halogens is 2. The van der Waals surface area contributed by atoms with Crippen LogP contribution in [0.3, 0.4) is 0 Å². The lowest BCUT2D eigenvalue weighted by Gasteiger charge is -2.27. The van der Waals surface area contributed by atoms with E-state index in [0.717, 1.165) is 35.1 Å². The highest BCUT2D eigenvalue weighted by atomic mass is 35.5. The number of hydrogen-bond donors (Lipinski definition) is 1. The second-order valence-corrected chi connectivity index (χ2v) is 6.50. The molecule has 0 spiro atoms. The standard InChI is InChI=1S/C13H19ClN2OS.ClH/c1-9(11-5-6-12(14)18-11)13(17)16-7-3-4-10(16)8-15-2;/h5-6,9-10,15H,3-4,7-8H2,1-2H3;1H. The lowest BCUT2D eigenvalue weighted by molar-refractivity contribution is -0.133. The van der Waals surface area contributed by atoms with E-state index < -0.39 is 0 Å². The number of rotatable bonds is 4. The van der Waals surface area contributed by atoms with Crippen molar-refractivity contribution in [3.8, 4) is 0 Å². The Morgan fingerprint density at radius 1 is 1.63 bits per heavy atom. The highest BCUT2D eigenvalue weighted by molar-refractivity contribution is 7.16. The van der Waals surface area contributed by atoms with Gasteiger partial charge in [-0.15, -0.1) is 23.7 Å². The first-order valence-electron chi connectivity index (χ1n) is 6.33. The van der Waals surface area contributed by atoms with Crippen molar-refractivity contribution in [1.82, 2.24) is 10.2 Å². The molecule has 6 heteroatoms. The Morgan fingerprint density at radius 3 is 2.95 bits per heavy atom. The van der Waals surface area contributed by atoms with Crippen molar-refractivity contribution in [2.24, 2.45) is 0 Å². The number of carbonyl (C=O) groups excluding carboxylic acids is 1. The van der Waals surface area contributed by atoms with Gasteiger partial charge in [0.05, 0.1) is 10.3 Å². The minimum Gasteiger partial charge on any atom is -0.338 e. The topological polar surface area (TPSA) is 32.3 Å². The van der Waals surface area contributed by atoms with Gasteiger partial charge in [-0.1, -0.05) is 11.6 Å². The van der Waals surface area contributed by atoms with Crippen molar-refractivity contribution in [3.05, 3.63) is 21.3 Å². The maximum absolute atomic E-state index is 12.5. The smallest absolute Gasteiger partial charge is 0.230 e. The van der Waals surface area contributed by atoms with Crippen LogP contribution in [-0.2, 0) is 4.79 Å². The van der Waals surface area contributed by atoms with Crippen LogP contribution in [0.15, 0.2) is 12.1 Å². The summed E-state index contributed by atoms with van der Waals surface area (Å²) in [5.74, 6) is 0.145. The van der Waals surface area contributed by atoms with Crippen LogP contribution in [0.1, 0.15) is 30.6 Å². The monoisotopic (exact) mass is 322 g/mol. The molecular weight excluding hydrogens is 303 g/mol. The fourth-order valence-corrected chi connectivity index (χ4v) is 3.61. The van der Waals surface area contributed by atoms with Gasteiger partial charge in [0.1, 0.15) is 0 Å². The van der Waals surface area contributed by atoms with E-state index in [4.69, 9.17) is 11.6 Å². The van der Waals surface area contributed by atoms with Gasteiger partial charge >= 0.3 is 0 Å². The molecule has 2 unspecified atom stereocenters. The molecule has 0 aromatic carbocycles. The minimum absolute atomic E-state index is 0. The van der Waals surface area contributed by atoms with Gasteiger partial charge in [-0.05, 0) is 38.9 Å². The second-order valence-electron chi connectivity index (χ2n) is 4.75. The van der Waals surface area contributed by atoms with Crippen LogP contribution in [0.4, 0.5) is 0 Å². The van der Waals surface area contributed by atoms with Gasteiger partial charge in [0.25, 0.3) is 0 Å². The lowest BCUT2D eigenvalue weighted by Crippen LogP contribution is -2.42. The number of hydrogen-bond acceptors (Lipinski definition) is 3. The third kappa shape index (κ3) is 3.85. The van der Waals surface area contributed by atoms with Crippen molar-refractivity contribution >= 4 is 41.3 Å². The van der Waals surface area contributed by atoms with E-state index in [0.29, 0.717) is 6.04 Å². The summed E-state index contributed by atoms with van der Waals surface area (Å²) in [7, 11) is 1.93. The molecule has 2 atom stereocenters. The summed E-state index contributed by atoms with van der Waals surface area (Å²) in [6, 6.07) is 4.17. The predicted molar refractivity (Wildman–Crippen MR) is 83.7 cm³/mol. The van der Waals surface area contributed by atoms with Crippen LogP contribution < -0.4 is 5.32 Å². The van der Waals surface area contributed by atoms with Gasteiger partial charge in [0.2, 0.25) is 5.91 Å². The first-order valence-corrected chi connectivity index (χ1v) is 7.53. The van der Waals surface area contributed by atoms with Gasteiger partial charge in [-0.3, -0.25) is 4.79 Å². The number of nitrogens with zero attached hydrogens (tertiary/aromatic N) is 1. The molecule has 2 rings (SSSR count). The molecule has 1 saturated heterocycles. The van der Waals surface area contributed by atoms with Crippen LogP contribution in [0, 0.1) is 0 Å². The SMILES string of the molecule is CNCC1CCCN1C(=O)C(C)c1ccc(Cl)s1.Cl. The molecule has 19 heavy (non-hydrogen) atoms. The Labute approximate surface area is 129 Å². The Bertz CT molecular complexity index is 425. The molecule has 1 fully saturated rings. The summed E-state index contributed by atoms with van der Waals surface area (Å²) in [6.07, 6.45) is 2.21. The second kappa shape index (κ2) is 7.48. The van der Waals surface area contributed by atoms with Crippen molar-refractivity contribution < 1.29 is 4.79 Å². The van der Waals surface area contributed by atoms with Gasteiger partial charge < -0.3 is 10.2 Å². The Morgan fingerprint density at radius 2 is 2.37 bits per heavy atom. The summed E-state index contributed by atoms with van der Waals surface area (Å²) in [5, 5.41) is 3.16. The number of carbonyl (C=O) groups is 1. The van der Waals surface area contributed by atoms with Crippen molar-refractivity contribution in [3.63, 3.8) is 0 Å². The number of nitrogens with one attached hydrogen (secondary N) is 1. The molecule has 1 N–H and O–H groups in total. The molecule has 0 bridgehead atoms. The predicted octanol–water partition coefficient (Wildman–Crippen LogP) is 3.14. The van der Waals surface area contributed by atoms with E-state index in [1.165, 1.54) is 11.3 Å². The quantitative estimate of drug-likeness (QED) is 0.923. The molecule has 0 radical (unpaired) electrons. The molecule has 0 aliphatic carbocycles. The molecule has 1 aliphatic heterocycles. The molecule has 3 nitrogen and oxygen atoms in total. The fourth-order valence-electron chi connectivity index (χ4n) is 2.51. The minimum atomic E-state index is -0.0834. The summed E-state index contributed by atoms with van der Waals surface area (Å²) < 4.78 is 0.748. The van der Waals surface area contributed by atoms with Crippen molar-refractivity contribution in [2.75, 3.05) is 20.1 Å². The third-order valence-electron chi connectivity index (χ3n) is 3.49. The van der Waals surface area contributed by atoms with Crippen LogP contribution >= 0.6 is 35.3 Å². The Balaban J connectivity index is 0.00000180. The van der Waals surface area contributed by atoms with Gasteiger partial charge in [-0.25, -0.2) is 0 Å². The maximum atomic E-state index is 12.5. The van der Waals surface area contributed by atoms with Crippen LogP contribution in [0.2, 0.25) is 4.34 Å². The van der Waals surface area contributed by atoms with Crippen LogP contribution in [0.5, 0.6) is 0 Å². The highest BCUT2D eigenvalue weighted by Crippen LogP contribution is 2.31. The van der Waals surface area contributed by atoms with E-state index in [9.17, 15) is 4.79 Å². The average Bonchev–Trinajstić information content (AvgIpc) is 2.97. The summed E-state index contributed by atoms with van der Waals surface area (Å²) in [4.78, 5) is 15.6. The lowest BCUT2D eigenvalue weighted by atomic mass is 10.1. The van der Waals surface area contributed by atoms with E-state index in [1.54, 1.807) is 0 Å². The molecule has 0 saturated carbocycles. The third-order valence-corrected chi connectivity index (χ3v) is 4.91. The molecule has 1 amide bonds. The van der Waals surface area contributed by atoms with Crippen LogP contribution in [0.25, 0.3) is 0 Å². The summed E-state index contributed by atoms with van der Waals surface area (Å²) in [5.41, 5.74) is 0. The Kier molecular flexibility index (Phi) is 6.60. The van der Waals surface area contributed by atoms with Crippen LogP contribution in [-0.4, -0.2) is 37.0 Å². The largest absolute Gasteiger partial charge is 0.338 e. The van der Waals surface area contributed by atoms with E-state index >= 15 is 0 Å². The van der Waals surface area contributed by atoms with E-state index in [2.05, 4.69) is 5.32 Å². The molecule has 108 valence electrons. The van der Waals surface area contributed by atoms with E-state index in [1.807, 2.05) is 31.0 Å². The number of likely N-dealkylation sites (N-methyl/N-ethyl adjacent to an activating group) is 1. The fraction of sp³-hybridized carbons (Fsp3) is 0.615.